The largest absolute Gasteiger partial charge is 0.480 e. The van der Waals surface area contributed by atoms with E-state index < -0.39 is 23.2 Å². The molecule has 0 saturated carbocycles. The zero-order valence-electron chi connectivity index (χ0n) is 17.2. The summed E-state index contributed by atoms with van der Waals surface area (Å²) in [7, 11) is 0. The van der Waals surface area contributed by atoms with Crippen LogP contribution in [0.5, 0.6) is 0 Å². The van der Waals surface area contributed by atoms with E-state index in [1.807, 2.05) is 13.8 Å². The number of carboxylic acids is 1. The molecule has 0 aliphatic carbocycles. The predicted octanol–water partition coefficient (Wildman–Crippen LogP) is 2.33. The van der Waals surface area contributed by atoms with Crippen molar-refractivity contribution in [2.24, 2.45) is 5.92 Å². The number of hydrogen-bond acceptors (Lipinski definition) is 6. The predicted molar refractivity (Wildman–Crippen MR) is 112 cm³/mol. The molecule has 1 aliphatic heterocycles. The third-order valence-electron chi connectivity index (χ3n) is 4.65. The van der Waals surface area contributed by atoms with Crippen LogP contribution >= 0.6 is 11.8 Å². The molecule has 9 heteroatoms. The summed E-state index contributed by atoms with van der Waals surface area (Å²) in [5, 5.41) is 10.8. The minimum Gasteiger partial charge on any atom is -0.480 e. The Bertz CT molecular complexity index is 819. The summed E-state index contributed by atoms with van der Waals surface area (Å²) in [5.74, 6) is -2.35. The smallest absolute Gasteiger partial charge is 0.326 e. The van der Waals surface area contributed by atoms with Crippen molar-refractivity contribution in [2.45, 2.75) is 51.3 Å². The molecule has 30 heavy (non-hydrogen) atoms. The summed E-state index contributed by atoms with van der Waals surface area (Å²) < 4.78 is 0. The van der Waals surface area contributed by atoms with E-state index >= 15 is 0 Å². The van der Waals surface area contributed by atoms with Gasteiger partial charge in [0.15, 0.2) is 5.12 Å². The van der Waals surface area contributed by atoms with Gasteiger partial charge in [0.2, 0.25) is 5.91 Å². The second kappa shape index (κ2) is 10.4. The molecule has 0 spiro atoms. The van der Waals surface area contributed by atoms with E-state index in [0.29, 0.717) is 17.5 Å². The fourth-order valence-corrected chi connectivity index (χ4v) is 4.14. The Hall–Kier alpha value is -2.68. The number of carbonyl (C=O) groups excluding carboxylic acids is 4. The molecule has 1 heterocycles. The van der Waals surface area contributed by atoms with E-state index in [-0.39, 0.29) is 42.2 Å². The zero-order valence-corrected chi connectivity index (χ0v) is 18.0. The molecule has 0 radical (unpaired) electrons. The molecule has 0 unspecified atom stereocenters. The topological polar surface area (TPSA) is 121 Å². The van der Waals surface area contributed by atoms with E-state index in [1.165, 1.54) is 6.92 Å². The molecule has 0 saturated heterocycles. The first-order chi connectivity index (χ1) is 14.1. The number of carboxylic acid groups (broad SMARTS) is 1. The van der Waals surface area contributed by atoms with Gasteiger partial charge in [-0.15, -0.1) is 0 Å². The molecule has 1 aromatic carbocycles. The highest BCUT2D eigenvalue weighted by Gasteiger charge is 2.35. The number of imide groups is 1. The van der Waals surface area contributed by atoms with Crippen LogP contribution in [0.3, 0.4) is 0 Å². The van der Waals surface area contributed by atoms with Crippen LogP contribution in [0.25, 0.3) is 0 Å². The summed E-state index contributed by atoms with van der Waals surface area (Å²) in [6.45, 7) is 5.15. The average Bonchev–Trinajstić information content (AvgIpc) is 2.91. The quantitative estimate of drug-likeness (QED) is 0.542. The van der Waals surface area contributed by atoms with E-state index in [2.05, 4.69) is 5.32 Å². The van der Waals surface area contributed by atoms with Crippen LogP contribution < -0.4 is 5.32 Å². The van der Waals surface area contributed by atoms with E-state index in [9.17, 15) is 29.1 Å². The molecular weight excluding hydrogens is 408 g/mol. The number of nitrogens with zero attached hydrogens (tertiary/aromatic N) is 1. The molecule has 3 amide bonds. The number of benzene rings is 1. The lowest BCUT2D eigenvalue weighted by Crippen LogP contribution is -2.45. The first-order valence-corrected chi connectivity index (χ1v) is 10.6. The number of aliphatic carboxylic acids is 1. The Labute approximate surface area is 179 Å². The van der Waals surface area contributed by atoms with Gasteiger partial charge in [-0.1, -0.05) is 37.7 Å². The highest BCUT2D eigenvalue weighted by Crippen LogP contribution is 2.24. The second-order valence-electron chi connectivity index (χ2n) is 7.58. The van der Waals surface area contributed by atoms with Gasteiger partial charge in [0.1, 0.15) is 6.04 Å². The summed E-state index contributed by atoms with van der Waals surface area (Å²) >= 11 is 0.819. The molecule has 2 rings (SSSR count). The Kier molecular flexibility index (Phi) is 8.16. The van der Waals surface area contributed by atoms with Crippen LogP contribution in [0, 0.1) is 5.92 Å². The zero-order chi connectivity index (χ0) is 22.4. The number of carbonyl (C=O) groups is 5. The fourth-order valence-electron chi connectivity index (χ4n) is 3.28. The molecule has 0 aromatic heterocycles. The third-order valence-corrected chi connectivity index (χ3v) is 5.71. The van der Waals surface area contributed by atoms with Crippen LogP contribution in [-0.2, 0) is 14.4 Å². The summed E-state index contributed by atoms with van der Waals surface area (Å²) in [5.41, 5.74) is 0.709. The number of amides is 3. The maximum atomic E-state index is 12.6. The Morgan fingerprint density at radius 1 is 1.10 bits per heavy atom. The number of rotatable bonds is 10. The second-order valence-corrected chi connectivity index (χ2v) is 8.96. The molecule has 2 N–H and O–H groups in total. The maximum absolute atomic E-state index is 12.6. The van der Waals surface area contributed by atoms with Crippen LogP contribution in [0.15, 0.2) is 24.3 Å². The van der Waals surface area contributed by atoms with E-state index in [1.54, 1.807) is 24.3 Å². The van der Waals surface area contributed by atoms with Gasteiger partial charge in [-0.3, -0.25) is 24.1 Å². The van der Waals surface area contributed by atoms with Crippen molar-refractivity contribution < 1.29 is 29.1 Å². The maximum Gasteiger partial charge on any atom is 0.326 e. The normalized spacial score (nSPS) is 15.1. The summed E-state index contributed by atoms with van der Waals surface area (Å²) in [4.78, 5) is 61.6. The van der Waals surface area contributed by atoms with Gasteiger partial charge >= 0.3 is 5.97 Å². The number of hydrogen-bond donors (Lipinski definition) is 2. The van der Waals surface area contributed by atoms with Crippen LogP contribution in [-0.4, -0.2) is 56.6 Å². The van der Waals surface area contributed by atoms with Gasteiger partial charge in [-0.25, -0.2) is 4.79 Å². The van der Waals surface area contributed by atoms with Crippen molar-refractivity contribution in [1.82, 2.24) is 10.2 Å². The third kappa shape index (κ3) is 5.91. The molecule has 8 nitrogen and oxygen atoms in total. The fraction of sp³-hybridized carbons (Fsp3) is 0.476. The first kappa shape index (κ1) is 23.6. The van der Waals surface area contributed by atoms with Gasteiger partial charge in [0, 0.05) is 13.5 Å². The standard InChI is InChI=1S/C21H26N2O6S/c1-12(2)11-16(21(28)29)22-18(25)17(30-13(3)24)9-6-10-23-19(26)14-7-4-5-8-15(14)20(23)27/h4-5,7-8,12,16-17H,6,9-11H2,1-3H3,(H,22,25)(H,28,29)/t16-,17+/m0/s1. The van der Waals surface area contributed by atoms with E-state index in [0.717, 1.165) is 16.7 Å². The minimum atomic E-state index is -1.13. The molecule has 1 aromatic rings. The molecule has 2 atom stereocenters. The van der Waals surface area contributed by atoms with Gasteiger partial charge in [0.25, 0.3) is 11.8 Å². The molecule has 0 fully saturated rings. The van der Waals surface area contributed by atoms with Crippen molar-refractivity contribution in [3.63, 3.8) is 0 Å². The molecule has 162 valence electrons. The lowest BCUT2D eigenvalue weighted by Gasteiger charge is -2.21. The van der Waals surface area contributed by atoms with Gasteiger partial charge in [-0.05, 0) is 37.3 Å². The highest BCUT2D eigenvalue weighted by molar-refractivity contribution is 8.14. The highest BCUT2D eigenvalue weighted by atomic mass is 32.2. The Balaban J connectivity index is 1.99. The van der Waals surface area contributed by atoms with Gasteiger partial charge < -0.3 is 10.4 Å². The summed E-state index contributed by atoms with van der Waals surface area (Å²) in [6.07, 6.45) is 0.802. The SMILES string of the molecule is CC(=O)S[C@H](CCCN1C(=O)c2ccccc2C1=O)C(=O)N[C@@H](CC(C)C)C(=O)O. The number of thioether (sulfide) groups is 1. The number of fused-ring (bicyclic) bond motifs is 1. The Morgan fingerprint density at radius 3 is 2.13 bits per heavy atom. The van der Waals surface area contributed by atoms with E-state index in [4.69, 9.17) is 0 Å². The van der Waals surface area contributed by atoms with Crippen molar-refractivity contribution >= 4 is 40.6 Å². The molecular formula is C21H26N2O6S. The lowest BCUT2D eigenvalue weighted by atomic mass is 10.0. The van der Waals surface area contributed by atoms with Crippen LogP contribution in [0.4, 0.5) is 0 Å². The van der Waals surface area contributed by atoms with Crippen molar-refractivity contribution in [3.05, 3.63) is 35.4 Å². The van der Waals surface area contributed by atoms with Crippen LogP contribution in [0.2, 0.25) is 0 Å². The first-order valence-electron chi connectivity index (χ1n) is 9.77. The minimum absolute atomic E-state index is 0.0686. The summed E-state index contributed by atoms with van der Waals surface area (Å²) in [6, 6.07) is 5.53. The number of nitrogens with one attached hydrogen (secondary N) is 1. The van der Waals surface area contributed by atoms with Gasteiger partial charge in [0.05, 0.1) is 16.4 Å². The monoisotopic (exact) mass is 434 g/mol. The van der Waals surface area contributed by atoms with Crippen molar-refractivity contribution in [3.8, 4) is 0 Å². The molecule has 1 aliphatic rings. The average molecular weight is 435 g/mol. The van der Waals surface area contributed by atoms with Crippen molar-refractivity contribution in [2.75, 3.05) is 6.54 Å². The van der Waals surface area contributed by atoms with Gasteiger partial charge in [-0.2, -0.15) is 0 Å². The lowest BCUT2D eigenvalue weighted by molar-refractivity contribution is -0.142. The Morgan fingerprint density at radius 2 is 1.67 bits per heavy atom. The van der Waals surface area contributed by atoms with Crippen molar-refractivity contribution in [1.29, 1.82) is 0 Å². The van der Waals surface area contributed by atoms with Crippen LogP contribution in [0.1, 0.15) is 60.7 Å². The molecule has 0 bridgehead atoms.